The molecule has 0 unspecified atom stereocenters. The van der Waals surface area contributed by atoms with E-state index in [0.29, 0.717) is 11.0 Å². The highest BCUT2D eigenvalue weighted by Gasteiger charge is 2.60. The maximum atomic E-state index is 16.8. The summed E-state index contributed by atoms with van der Waals surface area (Å²) < 4.78 is 86.3. The molecule has 0 aliphatic carbocycles. The van der Waals surface area contributed by atoms with Crippen molar-refractivity contribution in [2.75, 3.05) is 30.4 Å². The van der Waals surface area contributed by atoms with E-state index < -0.39 is 44.6 Å². The average molecular weight is 651 g/mol. The summed E-state index contributed by atoms with van der Waals surface area (Å²) in [6.45, 7) is 1.18. The van der Waals surface area contributed by atoms with E-state index in [1.165, 1.54) is 19.2 Å². The van der Waals surface area contributed by atoms with Crippen LogP contribution in [0.15, 0.2) is 40.9 Å². The lowest BCUT2D eigenvalue weighted by molar-refractivity contribution is -0.118. The van der Waals surface area contributed by atoms with Gasteiger partial charge < -0.3 is 18.8 Å². The van der Waals surface area contributed by atoms with E-state index in [4.69, 9.17) is 25.5 Å². The number of ether oxygens (including phenoxy) is 2. The molecule has 3 fully saturated rings. The molecular formula is C29H26ClF3N4O6S. The lowest BCUT2D eigenvalue weighted by Crippen LogP contribution is -2.62. The van der Waals surface area contributed by atoms with Crippen LogP contribution in [0.2, 0.25) is 5.02 Å². The van der Waals surface area contributed by atoms with Crippen molar-refractivity contribution in [2.45, 2.75) is 55.2 Å². The average Bonchev–Trinajstić information content (AvgIpc) is 3.56. The molecule has 15 heteroatoms. The SMILES string of the molecule is CC(=O)[C@@H]1C[C@H](Oc2ncc(Cl)cc2[C@@]2(F)CCS(=O)(=O)C3(COC3)C2)CN1c1nc(C(F)F)nc2c1oc1ccccc12. The molecular weight excluding hydrogens is 625 g/mol. The molecule has 0 amide bonds. The zero-order valence-electron chi connectivity index (χ0n) is 23.3. The summed E-state index contributed by atoms with van der Waals surface area (Å²) >= 11 is 6.22. The number of furan rings is 1. The van der Waals surface area contributed by atoms with Gasteiger partial charge in [0.1, 0.15) is 27.6 Å². The third-order valence-corrected chi connectivity index (χ3v) is 11.4. The van der Waals surface area contributed by atoms with E-state index in [9.17, 15) is 22.0 Å². The fourth-order valence-electron chi connectivity index (χ4n) is 6.45. The molecule has 3 saturated heterocycles. The fourth-order valence-corrected chi connectivity index (χ4v) is 8.61. The zero-order chi connectivity index (χ0) is 31.0. The number of fused-ring (bicyclic) bond motifs is 3. The van der Waals surface area contributed by atoms with Gasteiger partial charge in [-0.3, -0.25) is 4.79 Å². The van der Waals surface area contributed by atoms with Crippen LogP contribution >= 0.6 is 11.6 Å². The molecule has 0 radical (unpaired) electrons. The molecule has 0 bridgehead atoms. The maximum Gasteiger partial charge on any atom is 0.297 e. The number of carbonyl (C=O) groups is 1. The molecule has 4 aromatic rings. The van der Waals surface area contributed by atoms with E-state index in [-0.39, 0.29) is 83.9 Å². The minimum absolute atomic E-state index is 0.00523. The van der Waals surface area contributed by atoms with Crippen LogP contribution in [0.1, 0.15) is 44.0 Å². The minimum atomic E-state index is -3.58. The Hall–Kier alpha value is -3.49. The number of nitrogens with zero attached hydrogens (tertiary/aromatic N) is 4. The van der Waals surface area contributed by atoms with Crippen molar-refractivity contribution in [1.29, 1.82) is 0 Å². The first-order chi connectivity index (χ1) is 20.9. The summed E-state index contributed by atoms with van der Waals surface area (Å²) in [6, 6.07) is 7.39. The largest absolute Gasteiger partial charge is 0.472 e. The number of hydrogen-bond acceptors (Lipinski definition) is 10. The summed E-state index contributed by atoms with van der Waals surface area (Å²) in [5, 5.41) is 0.658. The van der Waals surface area contributed by atoms with E-state index in [0.717, 1.165) is 0 Å². The number of sulfone groups is 1. The van der Waals surface area contributed by atoms with E-state index in [2.05, 4.69) is 15.0 Å². The lowest BCUT2D eigenvalue weighted by atomic mass is 9.82. The Balaban J connectivity index is 1.25. The third kappa shape index (κ3) is 4.60. The number of pyridine rings is 1. The Kier molecular flexibility index (Phi) is 6.83. The Morgan fingerprint density at radius 2 is 2.00 bits per heavy atom. The summed E-state index contributed by atoms with van der Waals surface area (Å²) in [4.78, 5) is 26.8. The topological polar surface area (TPSA) is 125 Å². The second kappa shape index (κ2) is 10.3. The van der Waals surface area contributed by atoms with Gasteiger partial charge in [0, 0.05) is 24.4 Å². The number of rotatable bonds is 6. The standard InChI is InChI=1S/C29H26ClF3N4O6S/c1-15(38)20-9-17(11-37(20)26-23-22(35-25(36-26)24(31)32)18-4-2-3-5-21(18)43-23)42-27-19(8-16(30)10-34-27)29(33)6-7-44(39,40)28(12-29)13-41-14-28/h2-5,8,10,17,20,24H,6-7,9,11-14H2,1H3/t17-,20-,29+/m0/s1. The number of ketones is 1. The molecule has 44 heavy (non-hydrogen) atoms. The van der Waals surface area contributed by atoms with Gasteiger partial charge in [-0.25, -0.2) is 36.5 Å². The molecule has 10 nitrogen and oxygen atoms in total. The number of aromatic nitrogens is 3. The first-order valence-electron chi connectivity index (χ1n) is 14.0. The quantitative estimate of drug-likeness (QED) is 0.278. The smallest absolute Gasteiger partial charge is 0.297 e. The first-order valence-corrected chi connectivity index (χ1v) is 16.0. The van der Waals surface area contributed by atoms with Crippen LogP contribution in [0.3, 0.4) is 0 Å². The Morgan fingerprint density at radius 1 is 1.23 bits per heavy atom. The molecule has 1 spiro atoms. The van der Waals surface area contributed by atoms with Crippen molar-refractivity contribution in [3.05, 3.63) is 52.9 Å². The molecule has 232 valence electrons. The Bertz CT molecular complexity index is 1920. The monoisotopic (exact) mass is 650 g/mol. The number of alkyl halides is 3. The van der Waals surface area contributed by atoms with Gasteiger partial charge in [0.05, 0.1) is 42.1 Å². The second-order valence-corrected chi connectivity index (χ2v) is 14.6. The van der Waals surface area contributed by atoms with E-state index in [1.54, 1.807) is 29.2 Å². The third-order valence-electron chi connectivity index (χ3n) is 8.76. The number of carbonyl (C=O) groups excluding carboxylic acids is 1. The number of Topliss-reactive ketones (excluding diaryl/α,β-unsaturated/α-hetero) is 1. The summed E-state index contributed by atoms with van der Waals surface area (Å²) in [5.74, 6) is -1.44. The van der Waals surface area contributed by atoms with Crippen LogP contribution in [-0.2, 0) is 25.0 Å². The molecule has 6 heterocycles. The summed E-state index contributed by atoms with van der Waals surface area (Å²) in [5.41, 5.74) is -1.37. The van der Waals surface area contributed by atoms with Gasteiger partial charge in [-0.05, 0) is 31.5 Å². The normalized spacial score (nSPS) is 26.0. The second-order valence-electron chi connectivity index (χ2n) is 11.6. The zero-order valence-corrected chi connectivity index (χ0v) is 24.9. The van der Waals surface area contributed by atoms with Crippen molar-refractivity contribution in [3.8, 4) is 5.88 Å². The van der Waals surface area contributed by atoms with Crippen LogP contribution in [-0.4, -0.2) is 71.6 Å². The number of hydrogen-bond donors (Lipinski definition) is 0. The first kappa shape index (κ1) is 29.2. The van der Waals surface area contributed by atoms with Crippen molar-refractivity contribution >= 4 is 55.1 Å². The fraction of sp³-hybridized carbons (Fsp3) is 0.448. The van der Waals surface area contributed by atoms with Crippen molar-refractivity contribution in [1.82, 2.24) is 15.0 Å². The van der Waals surface area contributed by atoms with Gasteiger partial charge in [0.2, 0.25) is 5.88 Å². The highest BCUT2D eigenvalue weighted by molar-refractivity contribution is 7.93. The van der Waals surface area contributed by atoms with Crippen LogP contribution in [0.25, 0.3) is 22.1 Å². The summed E-state index contributed by atoms with van der Waals surface area (Å²) in [6.07, 6.45) is -2.99. The van der Waals surface area contributed by atoms with Gasteiger partial charge in [0.15, 0.2) is 32.8 Å². The van der Waals surface area contributed by atoms with Crippen molar-refractivity contribution in [3.63, 3.8) is 0 Å². The Labute approximate surface area is 254 Å². The predicted molar refractivity (Wildman–Crippen MR) is 154 cm³/mol. The maximum absolute atomic E-state index is 16.8. The highest BCUT2D eigenvalue weighted by Crippen LogP contribution is 2.51. The molecule has 0 saturated carbocycles. The van der Waals surface area contributed by atoms with Gasteiger partial charge in [-0.15, -0.1) is 0 Å². The van der Waals surface area contributed by atoms with Crippen molar-refractivity contribution < 1.29 is 40.3 Å². The highest BCUT2D eigenvalue weighted by atomic mass is 35.5. The molecule has 3 aliphatic heterocycles. The van der Waals surface area contributed by atoms with Crippen LogP contribution in [0.4, 0.5) is 19.0 Å². The molecule has 0 N–H and O–H groups in total. The molecule has 1 aromatic carbocycles. The minimum Gasteiger partial charge on any atom is -0.472 e. The van der Waals surface area contributed by atoms with Gasteiger partial charge in [-0.2, -0.15) is 0 Å². The number of benzene rings is 1. The van der Waals surface area contributed by atoms with Crippen LogP contribution < -0.4 is 9.64 Å². The molecule has 3 aliphatic rings. The predicted octanol–water partition coefficient (Wildman–Crippen LogP) is 5.12. The van der Waals surface area contributed by atoms with E-state index in [1.807, 2.05) is 0 Å². The number of halogens is 4. The van der Waals surface area contributed by atoms with Crippen molar-refractivity contribution in [2.24, 2.45) is 0 Å². The Morgan fingerprint density at radius 3 is 2.70 bits per heavy atom. The number of para-hydroxylation sites is 1. The molecule has 3 atom stereocenters. The van der Waals surface area contributed by atoms with E-state index >= 15 is 4.39 Å². The lowest BCUT2D eigenvalue weighted by Gasteiger charge is -2.48. The molecule has 3 aromatic heterocycles. The van der Waals surface area contributed by atoms with Gasteiger partial charge >= 0.3 is 0 Å². The number of anilines is 1. The van der Waals surface area contributed by atoms with Crippen LogP contribution in [0.5, 0.6) is 5.88 Å². The molecule has 7 rings (SSSR count). The van der Waals surface area contributed by atoms with Crippen LogP contribution in [0, 0.1) is 0 Å². The summed E-state index contributed by atoms with van der Waals surface area (Å²) in [7, 11) is -3.58. The van der Waals surface area contributed by atoms with Gasteiger partial charge in [-0.1, -0.05) is 23.7 Å². The van der Waals surface area contributed by atoms with Gasteiger partial charge in [0.25, 0.3) is 6.43 Å².